The van der Waals surface area contributed by atoms with E-state index in [2.05, 4.69) is 10.2 Å². The SMILES string of the molecule is NC(=O)C1CCCN(Cc2ccc(NC(=O)COc3ccc([N+](=O)[O-])c(F)c3)cc2)C1. The van der Waals surface area contributed by atoms with Crippen LogP contribution in [0.2, 0.25) is 0 Å². The van der Waals surface area contributed by atoms with Gasteiger partial charge in [-0.3, -0.25) is 24.6 Å². The third-order valence-electron chi connectivity index (χ3n) is 5.04. The third-order valence-corrected chi connectivity index (χ3v) is 5.04. The zero-order chi connectivity index (χ0) is 22.4. The topological polar surface area (TPSA) is 128 Å². The van der Waals surface area contributed by atoms with Gasteiger partial charge in [0.15, 0.2) is 6.61 Å². The number of nitrogens with zero attached hydrogens (tertiary/aromatic N) is 2. The highest BCUT2D eigenvalue weighted by molar-refractivity contribution is 5.91. The first kappa shape index (κ1) is 22.2. The van der Waals surface area contributed by atoms with Crippen LogP contribution in [-0.2, 0) is 16.1 Å². The number of amides is 2. The summed E-state index contributed by atoms with van der Waals surface area (Å²) in [7, 11) is 0. The number of nitro groups is 1. The van der Waals surface area contributed by atoms with Crippen molar-refractivity contribution < 1.29 is 23.6 Å². The molecule has 2 aromatic rings. The molecule has 0 aromatic heterocycles. The number of carbonyl (C=O) groups is 2. The number of nitrogens with one attached hydrogen (secondary N) is 1. The zero-order valence-corrected chi connectivity index (χ0v) is 16.8. The number of likely N-dealkylation sites (tertiary alicyclic amines) is 1. The molecule has 1 atom stereocenters. The van der Waals surface area contributed by atoms with Crippen LogP contribution < -0.4 is 15.8 Å². The molecule has 1 aliphatic heterocycles. The standard InChI is InChI=1S/C21H23FN4O5/c22-18-10-17(7-8-19(18)26(29)30)31-13-20(27)24-16-5-3-14(4-6-16)11-25-9-1-2-15(12-25)21(23)28/h3-8,10,15H,1-2,9,11-13H2,(H2,23,28)(H,24,27). The second kappa shape index (κ2) is 9.98. The fraction of sp³-hybridized carbons (Fsp3) is 0.333. The van der Waals surface area contributed by atoms with Crippen LogP contribution in [0.25, 0.3) is 0 Å². The summed E-state index contributed by atoms with van der Waals surface area (Å²) in [5.41, 5.74) is 6.37. The quantitative estimate of drug-likeness (QED) is 0.489. The Morgan fingerprint density at radius 2 is 2.00 bits per heavy atom. The molecule has 3 rings (SSSR count). The number of rotatable bonds is 8. The Balaban J connectivity index is 1.48. The Kier molecular flexibility index (Phi) is 7.14. The van der Waals surface area contributed by atoms with E-state index in [1.165, 1.54) is 6.07 Å². The van der Waals surface area contributed by atoms with Gasteiger partial charge in [0, 0.05) is 30.9 Å². The Morgan fingerprint density at radius 3 is 2.65 bits per heavy atom. The number of primary amides is 1. The summed E-state index contributed by atoms with van der Waals surface area (Å²) in [6.45, 7) is 1.87. The molecule has 9 nitrogen and oxygen atoms in total. The smallest absolute Gasteiger partial charge is 0.305 e. The number of carbonyl (C=O) groups excluding carboxylic acids is 2. The molecule has 10 heteroatoms. The van der Waals surface area contributed by atoms with Crippen molar-refractivity contribution in [3.63, 3.8) is 0 Å². The van der Waals surface area contributed by atoms with Gasteiger partial charge in [-0.1, -0.05) is 12.1 Å². The van der Waals surface area contributed by atoms with Crippen molar-refractivity contribution in [2.75, 3.05) is 25.0 Å². The Morgan fingerprint density at radius 1 is 1.26 bits per heavy atom. The predicted molar refractivity (Wildman–Crippen MR) is 111 cm³/mol. The fourth-order valence-electron chi connectivity index (χ4n) is 3.45. The van der Waals surface area contributed by atoms with Crippen molar-refractivity contribution >= 4 is 23.2 Å². The molecule has 0 aliphatic carbocycles. The van der Waals surface area contributed by atoms with Crippen molar-refractivity contribution in [3.8, 4) is 5.75 Å². The van der Waals surface area contributed by atoms with Crippen LogP contribution in [0.1, 0.15) is 18.4 Å². The maximum atomic E-state index is 13.6. The average molecular weight is 430 g/mol. The predicted octanol–water partition coefficient (Wildman–Crippen LogP) is 2.45. The van der Waals surface area contributed by atoms with E-state index < -0.39 is 22.3 Å². The summed E-state index contributed by atoms with van der Waals surface area (Å²) in [4.78, 5) is 35.4. The number of nitrogens with two attached hydrogens (primary N) is 1. The van der Waals surface area contributed by atoms with Crippen LogP contribution in [0, 0.1) is 21.8 Å². The molecule has 164 valence electrons. The van der Waals surface area contributed by atoms with E-state index >= 15 is 0 Å². The highest BCUT2D eigenvalue weighted by Crippen LogP contribution is 2.22. The Hall–Kier alpha value is -3.53. The molecule has 31 heavy (non-hydrogen) atoms. The number of nitro benzene ring substituents is 1. The molecule has 0 spiro atoms. The first-order chi connectivity index (χ1) is 14.8. The summed E-state index contributed by atoms with van der Waals surface area (Å²) in [5, 5.41) is 13.3. The molecular formula is C21H23FN4O5. The van der Waals surface area contributed by atoms with Crippen LogP contribution in [0.3, 0.4) is 0 Å². The Bertz CT molecular complexity index is 967. The monoisotopic (exact) mass is 430 g/mol. The summed E-state index contributed by atoms with van der Waals surface area (Å²) in [6.07, 6.45) is 1.76. The van der Waals surface area contributed by atoms with Gasteiger partial charge in [-0.05, 0) is 43.1 Å². The second-order valence-electron chi connectivity index (χ2n) is 7.38. The minimum atomic E-state index is -1.03. The van der Waals surface area contributed by atoms with E-state index in [0.717, 1.165) is 37.1 Å². The lowest BCUT2D eigenvalue weighted by Gasteiger charge is -2.31. The van der Waals surface area contributed by atoms with Gasteiger partial charge >= 0.3 is 5.69 Å². The van der Waals surface area contributed by atoms with Crippen molar-refractivity contribution in [2.24, 2.45) is 11.7 Å². The van der Waals surface area contributed by atoms with Gasteiger partial charge in [0.05, 0.1) is 10.8 Å². The molecule has 1 unspecified atom stereocenters. The Labute approximate surface area is 178 Å². The van der Waals surface area contributed by atoms with Crippen molar-refractivity contribution in [1.29, 1.82) is 0 Å². The molecule has 3 N–H and O–H groups in total. The lowest BCUT2D eigenvalue weighted by Crippen LogP contribution is -2.40. The number of hydrogen-bond acceptors (Lipinski definition) is 6. The molecule has 1 heterocycles. The van der Waals surface area contributed by atoms with E-state index in [1.54, 1.807) is 12.1 Å². The van der Waals surface area contributed by atoms with Gasteiger partial charge < -0.3 is 15.8 Å². The van der Waals surface area contributed by atoms with Crippen LogP contribution >= 0.6 is 0 Å². The molecule has 0 bridgehead atoms. The lowest BCUT2D eigenvalue weighted by molar-refractivity contribution is -0.387. The van der Waals surface area contributed by atoms with Gasteiger partial charge in [0.1, 0.15) is 5.75 Å². The average Bonchev–Trinajstić information content (AvgIpc) is 2.73. The summed E-state index contributed by atoms with van der Waals surface area (Å²) < 4.78 is 18.8. The van der Waals surface area contributed by atoms with E-state index in [-0.39, 0.29) is 24.2 Å². The largest absolute Gasteiger partial charge is 0.484 e. The van der Waals surface area contributed by atoms with Gasteiger partial charge in [-0.15, -0.1) is 0 Å². The van der Waals surface area contributed by atoms with Crippen molar-refractivity contribution in [2.45, 2.75) is 19.4 Å². The van der Waals surface area contributed by atoms with Crippen LogP contribution in [0.4, 0.5) is 15.8 Å². The van der Waals surface area contributed by atoms with Crippen molar-refractivity contribution in [1.82, 2.24) is 4.90 Å². The van der Waals surface area contributed by atoms with Gasteiger partial charge in [-0.2, -0.15) is 4.39 Å². The van der Waals surface area contributed by atoms with E-state index in [1.807, 2.05) is 12.1 Å². The van der Waals surface area contributed by atoms with Crippen LogP contribution in [-0.4, -0.2) is 41.3 Å². The first-order valence-corrected chi connectivity index (χ1v) is 9.79. The van der Waals surface area contributed by atoms with Crippen molar-refractivity contribution in [3.05, 3.63) is 64.0 Å². The third kappa shape index (κ3) is 6.22. The summed E-state index contributed by atoms with van der Waals surface area (Å²) in [6, 6.07) is 10.4. The molecule has 0 saturated carbocycles. The maximum absolute atomic E-state index is 13.6. The van der Waals surface area contributed by atoms with Crippen LogP contribution in [0.5, 0.6) is 5.75 Å². The fourth-order valence-corrected chi connectivity index (χ4v) is 3.45. The molecule has 2 amide bonds. The lowest BCUT2D eigenvalue weighted by atomic mass is 9.97. The minimum absolute atomic E-state index is 0.0180. The number of benzene rings is 2. The van der Waals surface area contributed by atoms with E-state index in [4.69, 9.17) is 10.5 Å². The molecular weight excluding hydrogens is 407 g/mol. The summed E-state index contributed by atoms with van der Waals surface area (Å²) >= 11 is 0. The molecule has 1 saturated heterocycles. The van der Waals surface area contributed by atoms with Crippen LogP contribution in [0.15, 0.2) is 42.5 Å². The number of hydrogen-bond donors (Lipinski definition) is 2. The molecule has 1 fully saturated rings. The number of anilines is 1. The number of halogens is 1. The van der Waals surface area contributed by atoms with E-state index in [0.29, 0.717) is 18.8 Å². The van der Waals surface area contributed by atoms with E-state index in [9.17, 15) is 24.1 Å². The minimum Gasteiger partial charge on any atom is -0.484 e. The molecule has 1 aliphatic rings. The zero-order valence-electron chi connectivity index (χ0n) is 16.8. The highest BCUT2D eigenvalue weighted by atomic mass is 19.1. The molecule has 2 aromatic carbocycles. The van der Waals surface area contributed by atoms with Gasteiger partial charge in [-0.25, -0.2) is 0 Å². The number of ether oxygens (including phenoxy) is 1. The molecule has 0 radical (unpaired) electrons. The maximum Gasteiger partial charge on any atom is 0.305 e. The van der Waals surface area contributed by atoms with Gasteiger partial charge in [0.2, 0.25) is 11.7 Å². The highest BCUT2D eigenvalue weighted by Gasteiger charge is 2.23. The van der Waals surface area contributed by atoms with Gasteiger partial charge in [0.25, 0.3) is 5.91 Å². The number of piperidine rings is 1. The normalized spacial score (nSPS) is 16.5. The summed E-state index contributed by atoms with van der Waals surface area (Å²) in [5.74, 6) is -1.84. The first-order valence-electron chi connectivity index (χ1n) is 9.79. The second-order valence-corrected chi connectivity index (χ2v) is 7.38.